The van der Waals surface area contributed by atoms with Crippen LogP contribution in [-0.2, 0) is 0 Å². The molecule has 0 heteroatoms. The lowest BCUT2D eigenvalue weighted by Crippen LogP contribution is -1.90. The second-order valence-corrected chi connectivity index (χ2v) is 10.0. The Kier molecular flexibility index (Phi) is 6.16. The molecule has 0 N–H and O–H groups in total. The van der Waals surface area contributed by atoms with Crippen LogP contribution in [0.1, 0.15) is 25.3 Å². The average molecular weight is 475 g/mol. The van der Waals surface area contributed by atoms with Gasteiger partial charge in [0.25, 0.3) is 0 Å². The van der Waals surface area contributed by atoms with Crippen molar-refractivity contribution in [3.8, 4) is 44.5 Å². The molecule has 0 fully saturated rings. The van der Waals surface area contributed by atoms with E-state index in [0.717, 1.165) is 0 Å². The first kappa shape index (κ1) is 23.0. The summed E-state index contributed by atoms with van der Waals surface area (Å²) in [4.78, 5) is 0. The Bertz CT molecular complexity index is 1600. The molecule has 178 valence electrons. The molecule has 0 radical (unpaired) electrons. The summed E-state index contributed by atoms with van der Waals surface area (Å²) in [5, 5.41) is 2.56. The topological polar surface area (TPSA) is 0 Å². The maximum atomic E-state index is 2.33. The van der Waals surface area contributed by atoms with Gasteiger partial charge in [0.05, 0.1) is 0 Å². The largest absolute Gasteiger partial charge is 0.0622 e. The Morgan fingerprint density at radius 2 is 0.784 bits per heavy atom. The van der Waals surface area contributed by atoms with E-state index in [2.05, 4.69) is 153 Å². The van der Waals surface area contributed by atoms with Crippen LogP contribution in [0.25, 0.3) is 55.3 Å². The van der Waals surface area contributed by atoms with Gasteiger partial charge >= 0.3 is 0 Å². The van der Waals surface area contributed by atoms with Crippen LogP contribution in [0.15, 0.2) is 140 Å². The summed E-state index contributed by atoms with van der Waals surface area (Å²) >= 11 is 0. The van der Waals surface area contributed by atoms with Crippen LogP contribution in [0.2, 0.25) is 0 Å². The molecule has 0 atom stereocenters. The van der Waals surface area contributed by atoms with Crippen molar-refractivity contribution >= 4 is 10.8 Å². The molecule has 0 aliphatic carbocycles. The molecular formula is C37H30. The van der Waals surface area contributed by atoms with Crippen LogP contribution in [0.4, 0.5) is 0 Å². The summed E-state index contributed by atoms with van der Waals surface area (Å²) in [6.07, 6.45) is 0. The molecule has 6 aromatic rings. The minimum Gasteiger partial charge on any atom is -0.0622 e. The summed E-state index contributed by atoms with van der Waals surface area (Å²) < 4.78 is 0. The fraction of sp³-hybridized carbons (Fsp3) is 0.0811. The van der Waals surface area contributed by atoms with Crippen LogP contribution in [-0.4, -0.2) is 0 Å². The van der Waals surface area contributed by atoms with Crippen molar-refractivity contribution in [3.05, 3.63) is 145 Å². The number of hydrogen-bond acceptors (Lipinski definition) is 0. The Balaban J connectivity index is 1.54. The molecule has 0 nitrogen and oxygen atoms in total. The fourth-order valence-corrected chi connectivity index (χ4v) is 5.23. The summed E-state index contributed by atoms with van der Waals surface area (Å²) in [5.74, 6) is 0.531. The lowest BCUT2D eigenvalue weighted by Gasteiger charge is -2.15. The molecule has 0 aromatic heterocycles. The molecule has 0 bridgehead atoms. The summed E-state index contributed by atoms with van der Waals surface area (Å²) in [7, 11) is 0. The normalized spacial score (nSPS) is 11.2. The van der Waals surface area contributed by atoms with Gasteiger partial charge in [-0.3, -0.25) is 0 Å². The van der Waals surface area contributed by atoms with Gasteiger partial charge in [0, 0.05) is 0 Å². The van der Waals surface area contributed by atoms with Crippen LogP contribution in [0.5, 0.6) is 0 Å². The maximum Gasteiger partial charge on any atom is -0.00992 e. The Hall–Kier alpha value is -4.42. The van der Waals surface area contributed by atoms with E-state index in [0.29, 0.717) is 5.92 Å². The quantitative estimate of drug-likeness (QED) is 0.233. The number of benzene rings is 6. The molecule has 0 heterocycles. The van der Waals surface area contributed by atoms with Gasteiger partial charge < -0.3 is 0 Å². The van der Waals surface area contributed by atoms with Crippen molar-refractivity contribution in [2.24, 2.45) is 0 Å². The molecule has 0 amide bonds. The van der Waals surface area contributed by atoms with Crippen molar-refractivity contribution in [1.82, 2.24) is 0 Å². The van der Waals surface area contributed by atoms with Gasteiger partial charge in [-0.05, 0) is 85.0 Å². The second kappa shape index (κ2) is 9.91. The predicted octanol–water partition coefficient (Wildman–Crippen LogP) is 10.6. The van der Waals surface area contributed by atoms with Crippen molar-refractivity contribution in [1.29, 1.82) is 0 Å². The lowest BCUT2D eigenvalue weighted by atomic mass is 9.88. The highest BCUT2D eigenvalue weighted by Crippen LogP contribution is 2.39. The molecule has 6 aromatic carbocycles. The summed E-state index contributed by atoms with van der Waals surface area (Å²) in [5.41, 5.74) is 11.3. The highest BCUT2D eigenvalue weighted by atomic mass is 14.2. The van der Waals surface area contributed by atoms with Crippen LogP contribution < -0.4 is 0 Å². The monoisotopic (exact) mass is 474 g/mol. The molecule has 6 rings (SSSR count). The highest BCUT2D eigenvalue weighted by molar-refractivity contribution is 6.05. The maximum absolute atomic E-state index is 2.33. The summed E-state index contributed by atoms with van der Waals surface area (Å²) in [6, 6.07) is 50.8. The van der Waals surface area contributed by atoms with E-state index in [9.17, 15) is 0 Å². The predicted molar refractivity (Wildman–Crippen MR) is 160 cm³/mol. The van der Waals surface area contributed by atoms with Crippen LogP contribution in [0, 0.1) is 0 Å². The zero-order chi connectivity index (χ0) is 25.2. The van der Waals surface area contributed by atoms with Crippen molar-refractivity contribution < 1.29 is 0 Å². The number of rotatable bonds is 5. The van der Waals surface area contributed by atoms with E-state index < -0.39 is 0 Å². The average Bonchev–Trinajstić information content (AvgIpc) is 2.97. The lowest BCUT2D eigenvalue weighted by molar-refractivity contribution is 0.867. The van der Waals surface area contributed by atoms with Gasteiger partial charge in [-0.1, -0.05) is 135 Å². The van der Waals surface area contributed by atoms with E-state index in [-0.39, 0.29) is 0 Å². The van der Waals surface area contributed by atoms with Crippen LogP contribution >= 0.6 is 0 Å². The Morgan fingerprint density at radius 1 is 0.351 bits per heavy atom. The first-order valence-electron chi connectivity index (χ1n) is 13.1. The third-order valence-electron chi connectivity index (χ3n) is 7.27. The molecule has 0 spiro atoms. The zero-order valence-corrected chi connectivity index (χ0v) is 21.4. The van der Waals surface area contributed by atoms with Gasteiger partial charge in [0.15, 0.2) is 0 Å². The van der Waals surface area contributed by atoms with Gasteiger partial charge in [0.2, 0.25) is 0 Å². The minimum absolute atomic E-state index is 0.531. The molecule has 0 aliphatic heterocycles. The number of hydrogen-bond donors (Lipinski definition) is 0. The number of fused-ring (bicyclic) bond motifs is 1. The standard InChI is InChI=1S/C37H30/c1-26(2)27-17-19-30(20-18-27)34-21-22-35(37-16-10-9-15-36(34)37)33-24-31(28-11-5-3-6-12-28)23-32(25-33)29-13-7-4-8-14-29/h3-26H,1-2H3. The molecule has 0 saturated carbocycles. The molecule has 0 saturated heterocycles. The van der Waals surface area contributed by atoms with E-state index in [1.807, 2.05) is 0 Å². The smallest absolute Gasteiger partial charge is 0.00992 e. The van der Waals surface area contributed by atoms with E-state index in [4.69, 9.17) is 0 Å². The molecule has 37 heavy (non-hydrogen) atoms. The fourth-order valence-electron chi connectivity index (χ4n) is 5.23. The van der Waals surface area contributed by atoms with Gasteiger partial charge in [-0.2, -0.15) is 0 Å². The third kappa shape index (κ3) is 4.59. The van der Waals surface area contributed by atoms with Gasteiger partial charge in [-0.25, -0.2) is 0 Å². The van der Waals surface area contributed by atoms with Crippen molar-refractivity contribution in [3.63, 3.8) is 0 Å². The van der Waals surface area contributed by atoms with Crippen molar-refractivity contribution in [2.75, 3.05) is 0 Å². The second-order valence-electron chi connectivity index (χ2n) is 10.0. The SMILES string of the molecule is CC(C)c1ccc(-c2ccc(-c3cc(-c4ccccc4)cc(-c4ccccc4)c3)c3ccccc23)cc1. The Labute approximate surface area is 219 Å². The third-order valence-corrected chi connectivity index (χ3v) is 7.27. The Morgan fingerprint density at radius 3 is 1.27 bits per heavy atom. The first-order valence-corrected chi connectivity index (χ1v) is 13.1. The van der Waals surface area contributed by atoms with Crippen LogP contribution in [0.3, 0.4) is 0 Å². The minimum atomic E-state index is 0.531. The van der Waals surface area contributed by atoms with Gasteiger partial charge in [0.1, 0.15) is 0 Å². The zero-order valence-electron chi connectivity index (χ0n) is 21.4. The molecule has 0 unspecified atom stereocenters. The first-order chi connectivity index (χ1) is 18.2. The van der Waals surface area contributed by atoms with E-state index in [1.54, 1.807) is 0 Å². The molecular weight excluding hydrogens is 444 g/mol. The van der Waals surface area contributed by atoms with Crippen molar-refractivity contribution in [2.45, 2.75) is 19.8 Å². The van der Waals surface area contributed by atoms with E-state index in [1.165, 1.54) is 60.8 Å². The van der Waals surface area contributed by atoms with E-state index >= 15 is 0 Å². The van der Waals surface area contributed by atoms with Gasteiger partial charge in [-0.15, -0.1) is 0 Å². The molecule has 0 aliphatic rings. The highest BCUT2D eigenvalue weighted by Gasteiger charge is 2.13. The summed E-state index contributed by atoms with van der Waals surface area (Å²) in [6.45, 7) is 4.49.